The van der Waals surface area contributed by atoms with E-state index in [1.807, 2.05) is 86.6 Å². The lowest BCUT2D eigenvalue weighted by Gasteiger charge is -2.33. The van der Waals surface area contributed by atoms with Crippen molar-refractivity contribution in [2.75, 3.05) is 116 Å². The summed E-state index contributed by atoms with van der Waals surface area (Å²) in [4.78, 5) is 65.5. The first kappa shape index (κ1) is 106. The molecule has 11 aromatic rings. The quantitative estimate of drug-likeness (QED) is 0.0192. The van der Waals surface area contributed by atoms with Crippen molar-refractivity contribution in [3.05, 3.63) is 214 Å². The van der Waals surface area contributed by atoms with Crippen molar-refractivity contribution in [2.24, 2.45) is 23.7 Å². The van der Waals surface area contributed by atoms with Gasteiger partial charge < -0.3 is 81.9 Å². The SMILES string of the molecule is CC(C)(C)OC(=O)N1CCC(CNc2cc(Cl)nnc2-c2ccc(F)cc2)CC1.CC(C)(C)OC(=O)N1CCC(CNc2cc(Cl)nnc2Cl)CC1.CC(C)(C)OC(=O)N1CCC(CNc2cc(Nc3cnc(C#N)cn3)nnc2-c2ccc(F)cc2)CC1.N#Cc1cnc(N)cn1.N#Cc1cnc(Nc2cc(NCC3CCNCC3)c(-c3ccc(F)cc3)nn2)cn1.OB(O)c1ccc(F)cc1. The van der Waals surface area contributed by atoms with Gasteiger partial charge >= 0.3 is 25.4 Å². The van der Waals surface area contributed by atoms with E-state index in [1.165, 1.54) is 97.8 Å². The fourth-order valence-corrected chi connectivity index (χ4v) is 14.3. The number of hydrogen-bond acceptors (Lipinski definition) is 33. The van der Waals surface area contributed by atoms with Crippen LogP contribution in [0.1, 0.15) is 131 Å². The molecule has 0 bridgehead atoms. The van der Waals surface area contributed by atoms with Gasteiger partial charge in [-0.3, -0.25) is 0 Å². The lowest BCUT2D eigenvalue weighted by molar-refractivity contribution is 0.0177. The van der Waals surface area contributed by atoms with E-state index in [-0.39, 0.29) is 63.8 Å². The van der Waals surface area contributed by atoms with Crippen molar-refractivity contribution in [1.82, 2.24) is 90.7 Å². The number of ether oxygens (including phenoxy) is 3. The van der Waals surface area contributed by atoms with Crippen molar-refractivity contribution in [2.45, 2.75) is 130 Å². The van der Waals surface area contributed by atoms with Gasteiger partial charge in [0.15, 0.2) is 44.2 Å². The van der Waals surface area contributed by atoms with Gasteiger partial charge in [-0.2, -0.15) is 15.8 Å². The normalized spacial score (nSPS) is 14.0. The van der Waals surface area contributed by atoms with Crippen LogP contribution in [0.15, 0.2) is 159 Å². The van der Waals surface area contributed by atoms with Crippen LogP contribution in [0.4, 0.5) is 83.8 Å². The van der Waals surface area contributed by atoms with Crippen molar-refractivity contribution < 1.29 is 56.2 Å². The maximum absolute atomic E-state index is 13.5. The minimum atomic E-state index is -1.51. The molecule has 4 aliphatic heterocycles. The second kappa shape index (κ2) is 51.7. The molecule has 0 atom stereocenters. The highest BCUT2D eigenvalue weighted by atomic mass is 35.5. The molecule has 724 valence electrons. The topological polar surface area (TPSA) is 491 Å². The Labute approximate surface area is 812 Å². The minimum Gasteiger partial charge on any atom is -0.444 e. The summed E-state index contributed by atoms with van der Waals surface area (Å²) in [6.07, 6.45) is 15.1. The zero-order valence-electron chi connectivity index (χ0n) is 77.6. The molecule has 11 heterocycles. The highest BCUT2D eigenvalue weighted by Gasteiger charge is 2.32. The number of carbonyl (C=O) groups excluding carboxylic acids is 3. The molecule has 0 aliphatic carbocycles. The Morgan fingerprint density at radius 3 is 1.04 bits per heavy atom. The Morgan fingerprint density at radius 2 is 0.717 bits per heavy atom. The van der Waals surface area contributed by atoms with Crippen LogP contribution in [0, 0.1) is 80.9 Å². The van der Waals surface area contributed by atoms with Crippen molar-refractivity contribution in [3.63, 3.8) is 0 Å². The van der Waals surface area contributed by atoms with Crippen LogP contribution < -0.4 is 48.4 Å². The maximum Gasteiger partial charge on any atom is 0.488 e. The van der Waals surface area contributed by atoms with E-state index < -0.39 is 23.9 Å². The Hall–Kier alpha value is -14.1. The predicted octanol–water partition coefficient (Wildman–Crippen LogP) is 16.1. The largest absolute Gasteiger partial charge is 0.488 e. The van der Waals surface area contributed by atoms with E-state index in [0.717, 1.165) is 118 Å². The van der Waals surface area contributed by atoms with Crippen LogP contribution in [0.25, 0.3) is 33.8 Å². The third-order valence-electron chi connectivity index (χ3n) is 21.0. The molecule has 0 spiro atoms. The Balaban J connectivity index is 0.000000179. The second-order valence-corrected chi connectivity index (χ2v) is 36.3. The van der Waals surface area contributed by atoms with E-state index in [1.54, 1.807) is 69.3 Å². The lowest BCUT2D eigenvalue weighted by Crippen LogP contribution is -2.42. The van der Waals surface area contributed by atoms with E-state index in [2.05, 4.69) is 108 Å². The number of nitrogens with zero attached hydrogens (tertiary/aromatic N) is 20. The first-order valence-corrected chi connectivity index (χ1v) is 45.5. The number of benzene rings is 4. The van der Waals surface area contributed by atoms with Gasteiger partial charge in [0.2, 0.25) is 0 Å². The number of nitrogens with two attached hydrogens (primary N) is 1. The maximum atomic E-state index is 13.5. The monoisotopic (exact) mass is 1950 g/mol. The number of piperidine rings is 4. The molecule has 3 amide bonds. The summed E-state index contributed by atoms with van der Waals surface area (Å²) in [5, 5.41) is 99.8. The molecule has 4 saturated heterocycles. The van der Waals surface area contributed by atoms with E-state index in [9.17, 15) is 31.9 Å². The number of hydrogen-bond donors (Lipinski definition) is 10. The molecule has 4 aromatic carbocycles. The average molecular weight is 1950 g/mol. The average Bonchev–Trinajstić information content (AvgIpc) is 0.811. The third-order valence-corrected chi connectivity index (χ3v) is 21.7. The Kier molecular flexibility index (Phi) is 39.7. The number of aromatic nitrogens is 14. The molecular weight excluding hydrogens is 1840 g/mol. The number of halogens is 7. The summed E-state index contributed by atoms with van der Waals surface area (Å²) >= 11 is 17.8. The molecule has 11 N–H and O–H groups in total. The van der Waals surface area contributed by atoms with E-state index in [0.29, 0.717) is 137 Å². The summed E-state index contributed by atoms with van der Waals surface area (Å²) in [7, 11) is -1.51. The third kappa shape index (κ3) is 35.8. The summed E-state index contributed by atoms with van der Waals surface area (Å²) < 4.78 is 68.6. The first-order valence-electron chi connectivity index (χ1n) is 44.3. The highest BCUT2D eigenvalue weighted by Crippen LogP contribution is 2.35. The van der Waals surface area contributed by atoms with Gasteiger partial charge in [-0.25, -0.2) is 61.8 Å². The van der Waals surface area contributed by atoms with Crippen molar-refractivity contribution >= 4 is 118 Å². The molecular formula is C94H108BCl3F4N28O8. The highest BCUT2D eigenvalue weighted by molar-refractivity contribution is 6.58. The van der Waals surface area contributed by atoms with E-state index in [4.69, 9.17) is 80.6 Å². The molecule has 4 aliphatic rings. The van der Waals surface area contributed by atoms with Crippen LogP contribution >= 0.6 is 34.8 Å². The Bertz CT molecular complexity index is 5890. The molecule has 15 rings (SSSR count). The van der Waals surface area contributed by atoms with Crippen LogP contribution in [-0.2, 0) is 14.2 Å². The molecule has 4 fully saturated rings. The number of amides is 3. The summed E-state index contributed by atoms with van der Waals surface area (Å²) in [6.45, 7) is 25.8. The number of rotatable bonds is 20. The lowest BCUT2D eigenvalue weighted by atomic mass is 9.80. The summed E-state index contributed by atoms with van der Waals surface area (Å²) in [5.74, 6) is 2.59. The van der Waals surface area contributed by atoms with Crippen LogP contribution in [0.3, 0.4) is 0 Å². The van der Waals surface area contributed by atoms with Gasteiger partial charge in [-0.15, -0.1) is 40.8 Å². The minimum absolute atomic E-state index is 0.211. The fraction of sp³-hybridized carbons (Fsp3) is 0.383. The van der Waals surface area contributed by atoms with Gasteiger partial charge in [0.25, 0.3) is 0 Å². The van der Waals surface area contributed by atoms with Gasteiger partial charge in [0.1, 0.15) is 92.8 Å². The smallest absolute Gasteiger partial charge is 0.444 e. The number of likely N-dealkylation sites (tertiary alicyclic amines) is 3. The summed E-state index contributed by atoms with van der Waals surface area (Å²) in [6, 6.07) is 36.1. The van der Waals surface area contributed by atoms with Crippen molar-refractivity contribution in [1.29, 1.82) is 15.8 Å². The zero-order valence-corrected chi connectivity index (χ0v) is 79.8. The van der Waals surface area contributed by atoms with Crippen LogP contribution in [0.5, 0.6) is 0 Å². The van der Waals surface area contributed by atoms with Gasteiger partial charge in [-0.1, -0.05) is 46.9 Å². The summed E-state index contributed by atoms with van der Waals surface area (Å²) in [5.41, 5.74) is 11.9. The molecule has 7 aromatic heterocycles. The van der Waals surface area contributed by atoms with Crippen LogP contribution in [-0.4, -0.2) is 216 Å². The van der Waals surface area contributed by atoms with Gasteiger partial charge in [0.05, 0.1) is 59.9 Å². The predicted molar refractivity (Wildman–Crippen MR) is 518 cm³/mol. The Morgan fingerprint density at radius 1 is 0.413 bits per heavy atom. The molecule has 44 heteroatoms. The van der Waals surface area contributed by atoms with Crippen LogP contribution in [0.2, 0.25) is 15.5 Å². The number of nitrogens with one attached hydrogen (secondary N) is 7. The van der Waals surface area contributed by atoms with Gasteiger partial charge in [0, 0.05) is 106 Å². The zero-order chi connectivity index (χ0) is 99.5. The molecule has 138 heavy (non-hydrogen) atoms. The number of anilines is 9. The van der Waals surface area contributed by atoms with E-state index >= 15 is 0 Å². The van der Waals surface area contributed by atoms with Gasteiger partial charge in [-0.05, 0) is 241 Å². The fourth-order valence-electron chi connectivity index (χ4n) is 13.9. The van der Waals surface area contributed by atoms with Crippen molar-refractivity contribution in [3.8, 4) is 52.0 Å². The number of carbonyl (C=O) groups is 3. The second-order valence-electron chi connectivity index (χ2n) is 35.2. The molecule has 0 unspecified atom stereocenters. The standard InChI is InChI=1S/C26H29FN8O2.C21H26ClFN4O2.C21H21FN8.C15H22Cl2N4O2.C6H6BFO2.C5H4N4/c1-26(2,3)37-25(36)35-10-8-17(9-11-35)14-30-21-12-22(32-23-16-29-20(13-28)15-31-23)33-34-24(21)18-4-6-19(27)7-5-18;1-21(2,3)29-20(28)27-10-8-14(9-11-27)13-24-17-12-18(22)25-26-19(17)15-4-6-16(23)7-5-15;22-16-3-1-15(2-4-16)21-18(26-11-14-5-7-24-8-6-14)9-19(29-30-21)28-20-13-25-17(10-23)12-27-20;1-15(2,3)23-14(22)21-6-4-10(5-7-21)9-18-11-8-12(16)19-20-13(11)17;8-6-3-1-5(2-4-6)7(9)10;6-1-4-2-9-5(7)3-8-4/h4-7,12,15-17H,8-11,14H2,1-3H3,(H2,30,31,32,33);4-7,12,14H,8-11,13H2,1-3H3,(H,24,25);1-4,9,12-14,24H,5-8,11H2,(H2,26,27,28,29);8,10H,4-7,9H2,1-3H3,(H,18,19);1-4,9-10H;2-3H,(H2,7,9). The molecule has 0 saturated carbocycles. The number of nitriles is 3. The first-order chi connectivity index (χ1) is 65.9. The molecule has 36 nitrogen and oxygen atoms in total. The number of nitrogen functional groups attached to an aromatic ring is 1. The molecule has 0 radical (unpaired) electrons.